The van der Waals surface area contributed by atoms with E-state index in [1.54, 1.807) is 18.2 Å². The minimum atomic E-state index is -1.31. The highest BCUT2D eigenvalue weighted by atomic mass is 35.5. The molecule has 4 rings (SSSR count). The van der Waals surface area contributed by atoms with Crippen LogP contribution in [0.1, 0.15) is 43.7 Å². The van der Waals surface area contributed by atoms with Crippen molar-refractivity contribution in [1.29, 1.82) is 0 Å². The molecule has 1 aliphatic heterocycles. The van der Waals surface area contributed by atoms with Crippen molar-refractivity contribution in [3.63, 3.8) is 0 Å². The Morgan fingerprint density at radius 3 is 2.55 bits per heavy atom. The van der Waals surface area contributed by atoms with Gasteiger partial charge in [-0.15, -0.1) is 0 Å². The van der Waals surface area contributed by atoms with Crippen molar-refractivity contribution in [3.05, 3.63) is 52.1 Å². The molecule has 0 bridgehead atoms. The number of amides is 1. The van der Waals surface area contributed by atoms with E-state index in [4.69, 9.17) is 22.9 Å². The number of hydrogen-bond donors (Lipinski definition) is 0. The van der Waals surface area contributed by atoms with E-state index in [1.165, 1.54) is 12.5 Å². The highest BCUT2D eigenvalue weighted by Gasteiger charge is 2.67. The Bertz CT molecular complexity index is 1140. The molecule has 1 fully saturated rings. The first-order valence-corrected chi connectivity index (χ1v) is 11.8. The van der Waals surface area contributed by atoms with Gasteiger partial charge in [-0.3, -0.25) is 9.00 Å². The van der Waals surface area contributed by atoms with Gasteiger partial charge in [0.05, 0.1) is 40.2 Å². The number of carbonyl (C=O) groups excluding carboxylic acids is 1. The fourth-order valence-electron chi connectivity index (χ4n) is 5.44. The number of hydrogen-bond acceptors (Lipinski definition) is 5. The molecule has 1 aromatic carbocycles. The van der Waals surface area contributed by atoms with Gasteiger partial charge >= 0.3 is 0 Å². The van der Waals surface area contributed by atoms with Gasteiger partial charge in [0.2, 0.25) is 10.8 Å². The summed E-state index contributed by atoms with van der Waals surface area (Å²) in [5, 5.41) is 0.591. The Morgan fingerprint density at radius 2 is 1.97 bits per heavy atom. The molecule has 9 heteroatoms. The zero-order valence-corrected chi connectivity index (χ0v) is 19.5. The van der Waals surface area contributed by atoms with Crippen LogP contribution in [0.2, 0.25) is 5.02 Å². The molecule has 2 aromatic rings. The first-order valence-electron chi connectivity index (χ1n) is 9.82. The van der Waals surface area contributed by atoms with E-state index in [0.29, 0.717) is 34.3 Å². The van der Waals surface area contributed by atoms with E-state index in [9.17, 15) is 9.00 Å². The lowest BCUT2D eigenvalue weighted by Gasteiger charge is -2.65. The summed E-state index contributed by atoms with van der Waals surface area (Å²) in [7, 11) is -1.31. The number of aromatic nitrogens is 2. The van der Waals surface area contributed by atoms with Gasteiger partial charge in [-0.2, -0.15) is 0 Å². The van der Waals surface area contributed by atoms with Gasteiger partial charge in [0.15, 0.2) is 0 Å². The van der Waals surface area contributed by atoms with Gasteiger partial charge in [0.25, 0.3) is 5.91 Å². The van der Waals surface area contributed by atoms with E-state index in [2.05, 4.69) is 42.5 Å². The van der Waals surface area contributed by atoms with Gasteiger partial charge < -0.3 is 9.64 Å². The zero-order chi connectivity index (χ0) is 22.7. The van der Waals surface area contributed by atoms with Crippen LogP contribution in [0.5, 0.6) is 5.75 Å². The second-order valence-corrected chi connectivity index (χ2v) is 10.8. The van der Waals surface area contributed by atoms with Crippen LogP contribution in [0.3, 0.4) is 0 Å². The average molecular weight is 459 g/mol. The third-order valence-electron chi connectivity index (χ3n) is 6.28. The molecule has 162 valence electrons. The molecule has 1 amide bonds. The van der Waals surface area contributed by atoms with E-state index < -0.39 is 10.8 Å². The summed E-state index contributed by atoms with van der Waals surface area (Å²) >= 11 is 6.17. The molecule has 0 saturated heterocycles. The number of ether oxygens (including phenoxy) is 1. The Hall–Kier alpha value is -2.50. The van der Waals surface area contributed by atoms with Crippen LogP contribution in [0.25, 0.3) is 4.85 Å². The summed E-state index contributed by atoms with van der Waals surface area (Å²) in [5.74, 6) is 0.483. The van der Waals surface area contributed by atoms with Crippen molar-refractivity contribution in [2.24, 2.45) is 10.8 Å². The topological polar surface area (TPSA) is 76.8 Å². The molecule has 0 radical (unpaired) electrons. The average Bonchev–Trinajstić information content (AvgIpc) is 3.00. The quantitative estimate of drug-likeness (QED) is 0.505. The van der Waals surface area contributed by atoms with Crippen molar-refractivity contribution in [2.45, 2.75) is 51.5 Å². The number of benzene rings is 1. The third kappa shape index (κ3) is 3.31. The molecule has 0 N–H and O–H groups in total. The predicted octanol–water partition coefficient (Wildman–Crippen LogP) is 4.26. The number of rotatable bonds is 4. The van der Waals surface area contributed by atoms with Crippen LogP contribution in [0, 0.1) is 17.4 Å². The Labute approximate surface area is 189 Å². The first-order chi connectivity index (χ1) is 14.5. The molecular formula is C22H23ClN4O3S. The standard InChI is InChI=1S/C22H23ClN4O3S/c1-21(2)18(27-11-16-13(17(27)28)10-25-20(26-16)31(6)29)22(3,4)19(21)30-12-7-8-15(24-5)14(23)9-12/h7-10,18-19H,11H2,1-4,6H3. The fourth-order valence-corrected chi connectivity index (χ4v) is 6.09. The van der Waals surface area contributed by atoms with Gasteiger partial charge in [0, 0.05) is 29.3 Å². The van der Waals surface area contributed by atoms with E-state index in [1.807, 2.05) is 4.90 Å². The SMILES string of the molecule is [C-]#[N+]c1ccc(OC2C(C)(C)C(N3Cc4nc(S(C)=O)ncc4C3=O)C2(C)C)cc1Cl. The van der Waals surface area contributed by atoms with Gasteiger partial charge in [0.1, 0.15) is 11.9 Å². The van der Waals surface area contributed by atoms with Crippen LogP contribution >= 0.6 is 11.6 Å². The highest BCUT2D eigenvalue weighted by Crippen LogP contribution is 2.59. The van der Waals surface area contributed by atoms with Crippen molar-refractivity contribution in [1.82, 2.24) is 14.9 Å². The minimum absolute atomic E-state index is 0.0970. The second-order valence-electron chi connectivity index (χ2n) is 9.17. The zero-order valence-electron chi connectivity index (χ0n) is 18.0. The first kappa shape index (κ1) is 21.7. The van der Waals surface area contributed by atoms with Crippen molar-refractivity contribution in [2.75, 3.05) is 6.26 Å². The van der Waals surface area contributed by atoms with Crippen LogP contribution in [-0.4, -0.2) is 43.4 Å². The number of carbonyl (C=O) groups is 1. The summed E-state index contributed by atoms with van der Waals surface area (Å²) in [6.45, 7) is 15.8. The Kier molecular flexibility index (Phi) is 5.10. The highest BCUT2D eigenvalue weighted by molar-refractivity contribution is 7.84. The summed E-state index contributed by atoms with van der Waals surface area (Å²) in [6, 6.07) is 4.96. The number of halogens is 1. The van der Waals surface area contributed by atoms with E-state index >= 15 is 0 Å². The Morgan fingerprint density at radius 1 is 1.29 bits per heavy atom. The van der Waals surface area contributed by atoms with E-state index in [0.717, 1.165) is 0 Å². The summed E-state index contributed by atoms with van der Waals surface area (Å²) in [6.07, 6.45) is 2.82. The van der Waals surface area contributed by atoms with Crippen LogP contribution < -0.4 is 4.74 Å². The molecule has 1 aliphatic carbocycles. The van der Waals surface area contributed by atoms with E-state index in [-0.39, 0.29) is 34.0 Å². The largest absolute Gasteiger partial charge is 0.489 e. The molecule has 1 unspecified atom stereocenters. The van der Waals surface area contributed by atoms with Gasteiger partial charge in [-0.05, 0) is 12.1 Å². The maximum Gasteiger partial charge on any atom is 0.258 e. The molecule has 0 spiro atoms. The fraction of sp³-hybridized carbons (Fsp3) is 0.455. The number of fused-ring (bicyclic) bond motifs is 1. The molecule has 7 nitrogen and oxygen atoms in total. The molecule has 1 aromatic heterocycles. The smallest absolute Gasteiger partial charge is 0.258 e. The predicted molar refractivity (Wildman–Crippen MR) is 118 cm³/mol. The molecule has 31 heavy (non-hydrogen) atoms. The molecule has 2 aliphatic rings. The maximum absolute atomic E-state index is 13.2. The van der Waals surface area contributed by atoms with Crippen LogP contribution in [-0.2, 0) is 17.3 Å². The summed E-state index contributed by atoms with van der Waals surface area (Å²) < 4.78 is 18.1. The number of nitrogens with zero attached hydrogens (tertiary/aromatic N) is 4. The van der Waals surface area contributed by atoms with Crippen LogP contribution in [0.4, 0.5) is 5.69 Å². The Balaban J connectivity index is 1.60. The lowest BCUT2D eigenvalue weighted by Crippen LogP contribution is -2.74. The molecule has 2 heterocycles. The lowest BCUT2D eigenvalue weighted by atomic mass is 9.49. The lowest BCUT2D eigenvalue weighted by molar-refractivity contribution is -0.199. The normalized spacial score (nSPS) is 24.2. The molecule has 1 atom stereocenters. The monoisotopic (exact) mass is 458 g/mol. The minimum Gasteiger partial charge on any atom is -0.489 e. The summed E-state index contributed by atoms with van der Waals surface area (Å²) in [4.78, 5) is 26.8. The van der Waals surface area contributed by atoms with Crippen LogP contribution in [0.15, 0.2) is 29.6 Å². The molecule has 1 saturated carbocycles. The van der Waals surface area contributed by atoms with Crippen molar-refractivity contribution >= 4 is 34.0 Å². The van der Waals surface area contributed by atoms with Crippen molar-refractivity contribution < 1.29 is 13.7 Å². The van der Waals surface area contributed by atoms with Gasteiger partial charge in [-0.25, -0.2) is 14.8 Å². The van der Waals surface area contributed by atoms with Crippen molar-refractivity contribution in [3.8, 4) is 5.75 Å². The third-order valence-corrected chi connectivity index (χ3v) is 7.29. The molecular weight excluding hydrogens is 436 g/mol. The summed E-state index contributed by atoms with van der Waals surface area (Å²) in [5.41, 5.74) is 0.758. The van der Waals surface area contributed by atoms with Gasteiger partial charge in [-0.1, -0.05) is 45.4 Å². The second kappa shape index (κ2) is 7.28. The maximum atomic E-state index is 13.2.